The Morgan fingerprint density at radius 3 is 2.80 bits per heavy atom. The van der Waals surface area contributed by atoms with Crippen molar-refractivity contribution in [2.45, 2.75) is 6.54 Å². The molecule has 0 fully saturated rings. The van der Waals surface area contributed by atoms with Crippen molar-refractivity contribution in [1.29, 1.82) is 0 Å². The second kappa shape index (κ2) is 5.66. The lowest BCUT2D eigenvalue weighted by atomic mass is 10.2. The zero-order valence-electron chi connectivity index (χ0n) is 10.4. The van der Waals surface area contributed by atoms with Gasteiger partial charge in [0.2, 0.25) is 11.8 Å². The van der Waals surface area contributed by atoms with Gasteiger partial charge < -0.3 is 9.73 Å². The zero-order chi connectivity index (χ0) is 13.8. The van der Waals surface area contributed by atoms with Crippen LogP contribution >= 0.6 is 11.3 Å². The van der Waals surface area contributed by atoms with Crippen molar-refractivity contribution in [2.75, 3.05) is 0 Å². The van der Waals surface area contributed by atoms with E-state index in [4.69, 9.17) is 4.42 Å². The van der Waals surface area contributed by atoms with E-state index in [0.717, 1.165) is 5.56 Å². The van der Waals surface area contributed by atoms with E-state index >= 15 is 0 Å². The molecule has 6 heteroatoms. The summed E-state index contributed by atoms with van der Waals surface area (Å²) in [5.41, 5.74) is 1.49. The summed E-state index contributed by atoms with van der Waals surface area (Å²) in [4.78, 5) is 11.8. The van der Waals surface area contributed by atoms with Crippen LogP contribution in [-0.4, -0.2) is 16.1 Å². The normalized spacial score (nSPS) is 10.4. The van der Waals surface area contributed by atoms with Crippen molar-refractivity contribution in [3.63, 3.8) is 0 Å². The topological polar surface area (TPSA) is 68.0 Å². The molecule has 0 radical (unpaired) electrons. The summed E-state index contributed by atoms with van der Waals surface area (Å²) in [5.74, 6) is 0.684. The van der Waals surface area contributed by atoms with Crippen molar-refractivity contribution in [3.05, 3.63) is 58.6 Å². The fourth-order valence-electron chi connectivity index (χ4n) is 1.67. The second-order valence-electron chi connectivity index (χ2n) is 4.06. The number of hydrogen-bond acceptors (Lipinski definition) is 5. The molecule has 0 aliphatic carbocycles. The maximum atomic E-state index is 11.8. The summed E-state index contributed by atoms with van der Waals surface area (Å²) in [6.45, 7) is 0.217. The van der Waals surface area contributed by atoms with Crippen LogP contribution in [0.15, 0.2) is 51.6 Å². The maximum absolute atomic E-state index is 11.8. The van der Waals surface area contributed by atoms with Crippen LogP contribution in [0.25, 0.3) is 11.5 Å². The van der Waals surface area contributed by atoms with E-state index in [1.807, 2.05) is 35.7 Å². The van der Waals surface area contributed by atoms with E-state index in [9.17, 15) is 4.79 Å². The third-order valence-corrected chi connectivity index (χ3v) is 3.35. The van der Waals surface area contributed by atoms with E-state index in [0.29, 0.717) is 17.3 Å². The molecule has 0 bridgehead atoms. The number of nitrogens with one attached hydrogen (secondary N) is 1. The molecule has 5 nitrogen and oxygen atoms in total. The summed E-state index contributed by atoms with van der Waals surface area (Å²) in [6, 6.07) is 11.3. The molecule has 0 saturated heterocycles. The van der Waals surface area contributed by atoms with Crippen molar-refractivity contribution < 1.29 is 9.21 Å². The summed E-state index contributed by atoms with van der Waals surface area (Å²) < 4.78 is 5.50. The van der Waals surface area contributed by atoms with E-state index in [2.05, 4.69) is 15.5 Å². The van der Waals surface area contributed by atoms with Gasteiger partial charge in [-0.25, -0.2) is 0 Å². The fraction of sp³-hybridized carbons (Fsp3) is 0.0714. The Morgan fingerprint density at radius 1 is 1.20 bits per heavy atom. The van der Waals surface area contributed by atoms with Crippen molar-refractivity contribution in [1.82, 2.24) is 15.5 Å². The Bertz CT molecular complexity index is 692. The van der Waals surface area contributed by atoms with Crippen LogP contribution in [0.5, 0.6) is 0 Å². The molecule has 3 aromatic rings. The summed E-state index contributed by atoms with van der Waals surface area (Å²) >= 11 is 1.48. The van der Waals surface area contributed by atoms with Crippen LogP contribution in [0.1, 0.15) is 16.2 Å². The van der Waals surface area contributed by atoms with E-state index in [1.54, 1.807) is 11.4 Å². The monoisotopic (exact) mass is 285 g/mol. The Labute approximate surface area is 119 Å². The molecule has 100 valence electrons. The lowest BCUT2D eigenvalue weighted by Crippen LogP contribution is -2.22. The highest BCUT2D eigenvalue weighted by Crippen LogP contribution is 2.16. The highest BCUT2D eigenvalue weighted by molar-refractivity contribution is 7.08. The van der Waals surface area contributed by atoms with Crippen LogP contribution in [0.2, 0.25) is 0 Å². The largest absolute Gasteiger partial charge is 0.419 e. The Kier molecular flexibility index (Phi) is 3.56. The Hall–Kier alpha value is -2.47. The number of benzene rings is 1. The molecule has 1 amide bonds. The van der Waals surface area contributed by atoms with Gasteiger partial charge >= 0.3 is 0 Å². The molecule has 0 spiro atoms. The molecule has 0 aliphatic heterocycles. The van der Waals surface area contributed by atoms with Crippen LogP contribution < -0.4 is 5.32 Å². The molecular formula is C14H11N3O2S. The first-order valence-electron chi connectivity index (χ1n) is 6.01. The van der Waals surface area contributed by atoms with Crippen LogP contribution in [0, 0.1) is 0 Å². The summed E-state index contributed by atoms with van der Waals surface area (Å²) in [5, 5.41) is 14.3. The quantitative estimate of drug-likeness (QED) is 0.800. The molecule has 2 aromatic heterocycles. The molecule has 1 N–H and O–H groups in total. The highest BCUT2D eigenvalue weighted by atomic mass is 32.1. The first kappa shape index (κ1) is 12.6. The number of rotatable bonds is 4. The third kappa shape index (κ3) is 2.75. The highest BCUT2D eigenvalue weighted by Gasteiger charge is 2.10. The summed E-state index contributed by atoms with van der Waals surface area (Å²) in [6.07, 6.45) is 0. The van der Waals surface area contributed by atoms with Crippen LogP contribution in [0.4, 0.5) is 0 Å². The van der Waals surface area contributed by atoms with Gasteiger partial charge in [0.05, 0.1) is 6.54 Å². The van der Waals surface area contributed by atoms with Gasteiger partial charge in [0, 0.05) is 16.5 Å². The molecule has 0 aliphatic rings. The zero-order valence-corrected chi connectivity index (χ0v) is 11.3. The van der Waals surface area contributed by atoms with Crippen LogP contribution in [-0.2, 0) is 6.54 Å². The van der Waals surface area contributed by atoms with Crippen molar-refractivity contribution in [2.24, 2.45) is 0 Å². The minimum absolute atomic E-state index is 0.147. The average Bonchev–Trinajstić information content (AvgIpc) is 3.17. The molecule has 0 atom stereocenters. The third-order valence-electron chi connectivity index (χ3n) is 2.67. The number of carbonyl (C=O) groups is 1. The number of aromatic nitrogens is 2. The van der Waals surface area contributed by atoms with Gasteiger partial charge in [-0.1, -0.05) is 18.2 Å². The number of nitrogens with zero attached hydrogens (tertiary/aromatic N) is 2. The van der Waals surface area contributed by atoms with E-state index in [1.165, 1.54) is 11.3 Å². The predicted molar refractivity (Wildman–Crippen MR) is 75.2 cm³/mol. The Balaban J connectivity index is 1.65. The van der Waals surface area contributed by atoms with Gasteiger partial charge in [-0.15, -0.1) is 10.2 Å². The minimum Gasteiger partial charge on any atom is -0.419 e. The number of amides is 1. The van der Waals surface area contributed by atoms with Crippen molar-refractivity contribution >= 4 is 17.2 Å². The van der Waals surface area contributed by atoms with Crippen molar-refractivity contribution in [3.8, 4) is 11.5 Å². The van der Waals surface area contributed by atoms with E-state index in [-0.39, 0.29) is 12.5 Å². The van der Waals surface area contributed by atoms with Gasteiger partial charge in [-0.05, 0) is 23.6 Å². The summed E-state index contributed by atoms with van der Waals surface area (Å²) in [7, 11) is 0. The SMILES string of the molecule is O=C(NCc1nnc(-c2ccccc2)o1)c1ccsc1. The predicted octanol–water partition coefficient (Wildman–Crippen LogP) is 2.73. The van der Waals surface area contributed by atoms with Gasteiger partial charge in [-0.3, -0.25) is 4.79 Å². The molecule has 1 aromatic carbocycles. The van der Waals surface area contributed by atoms with Gasteiger partial charge in [0.15, 0.2) is 0 Å². The molecule has 20 heavy (non-hydrogen) atoms. The first-order valence-corrected chi connectivity index (χ1v) is 6.95. The van der Waals surface area contributed by atoms with Gasteiger partial charge in [0.25, 0.3) is 5.91 Å². The van der Waals surface area contributed by atoms with Gasteiger partial charge in [-0.2, -0.15) is 11.3 Å². The Morgan fingerprint density at radius 2 is 2.05 bits per heavy atom. The molecule has 0 unspecified atom stereocenters. The standard InChI is InChI=1S/C14H11N3O2S/c18-13(11-6-7-20-9-11)15-8-12-16-17-14(19-12)10-4-2-1-3-5-10/h1-7,9H,8H2,(H,15,18). The number of thiophene rings is 1. The first-order chi connectivity index (χ1) is 9.83. The lowest BCUT2D eigenvalue weighted by molar-refractivity contribution is 0.0948. The molecular weight excluding hydrogens is 274 g/mol. The second-order valence-corrected chi connectivity index (χ2v) is 4.84. The average molecular weight is 285 g/mol. The lowest BCUT2D eigenvalue weighted by Gasteiger charge is -1.99. The molecule has 0 saturated carbocycles. The van der Waals surface area contributed by atoms with Gasteiger partial charge in [0.1, 0.15) is 0 Å². The minimum atomic E-state index is -0.147. The molecule has 3 rings (SSSR count). The fourth-order valence-corrected chi connectivity index (χ4v) is 2.31. The van der Waals surface area contributed by atoms with E-state index < -0.39 is 0 Å². The number of carbonyl (C=O) groups excluding carboxylic acids is 1. The molecule has 2 heterocycles. The smallest absolute Gasteiger partial charge is 0.252 e. The number of hydrogen-bond donors (Lipinski definition) is 1. The van der Waals surface area contributed by atoms with Crippen LogP contribution in [0.3, 0.4) is 0 Å². The maximum Gasteiger partial charge on any atom is 0.252 e.